The Morgan fingerprint density at radius 2 is 1.83 bits per heavy atom. The zero-order valence-corrected chi connectivity index (χ0v) is 16.0. The van der Waals surface area contributed by atoms with Crippen molar-refractivity contribution < 1.29 is 19.2 Å². The number of carbonyl (C=O) groups is 2. The van der Waals surface area contributed by atoms with Gasteiger partial charge >= 0.3 is 0 Å². The normalized spacial score (nSPS) is 13.7. The zero-order chi connectivity index (χ0) is 20.8. The van der Waals surface area contributed by atoms with Crippen molar-refractivity contribution >= 4 is 23.2 Å². The third-order valence-corrected chi connectivity index (χ3v) is 4.78. The monoisotopic (exact) mass is 398 g/mol. The molecule has 0 bridgehead atoms. The largest absolute Gasteiger partial charge is 0.495 e. The highest BCUT2D eigenvalue weighted by Gasteiger charge is 2.23. The average molecular weight is 398 g/mol. The van der Waals surface area contributed by atoms with Crippen molar-refractivity contribution in [1.82, 2.24) is 10.2 Å². The second-order valence-corrected chi connectivity index (χ2v) is 6.53. The highest BCUT2D eigenvalue weighted by molar-refractivity contribution is 5.97. The molecular weight excluding hydrogens is 376 g/mol. The summed E-state index contributed by atoms with van der Waals surface area (Å²) in [6, 6.07) is 13.1. The summed E-state index contributed by atoms with van der Waals surface area (Å²) in [6.07, 6.45) is 0. The van der Waals surface area contributed by atoms with Gasteiger partial charge < -0.3 is 19.9 Å². The number of hydrogen-bond donors (Lipinski definition) is 1. The minimum absolute atomic E-state index is 0.146. The molecule has 1 saturated heterocycles. The highest BCUT2D eigenvalue weighted by atomic mass is 16.6. The van der Waals surface area contributed by atoms with Crippen LogP contribution in [0.2, 0.25) is 0 Å². The highest BCUT2D eigenvalue weighted by Crippen LogP contribution is 2.28. The van der Waals surface area contributed by atoms with E-state index >= 15 is 0 Å². The van der Waals surface area contributed by atoms with Crippen molar-refractivity contribution in [2.24, 2.45) is 0 Å². The van der Waals surface area contributed by atoms with Crippen molar-refractivity contribution in [1.29, 1.82) is 0 Å². The first-order valence-electron chi connectivity index (χ1n) is 9.18. The number of carbonyl (C=O) groups excluding carboxylic acids is 2. The number of nitrogens with one attached hydrogen (secondary N) is 1. The van der Waals surface area contributed by atoms with E-state index in [0.29, 0.717) is 26.2 Å². The van der Waals surface area contributed by atoms with E-state index in [4.69, 9.17) is 4.74 Å². The van der Waals surface area contributed by atoms with E-state index in [9.17, 15) is 19.7 Å². The number of benzene rings is 2. The Kier molecular flexibility index (Phi) is 6.28. The zero-order valence-electron chi connectivity index (χ0n) is 16.0. The van der Waals surface area contributed by atoms with E-state index in [1.165, 1.54) is 24.3 Å². The van der Waals surface area contributed by atoms with Crippen LogP contribution in [0, 0.1) is 10.1 Å². The molecule has 1 aliphatic heterocycles. The number of non-ortho nitro benzene ring substituents is 1. The van der Waals surface area contributed by atoms with Crippen LogP contribution in [-0.2, 0) is 4.79 Å². The number of anilines is 1. The number of amides is 2. The number of nitro benzene ring substituents is 1. The van der Waals surface area contributed by atoms with Crippen molar-refractivity contribution in [3.05, 3.63) is 64.2 Å². The first kappa shape index (κ1) is 20.1. The average Bonchev–Trinajstić information content (AvgIpc) is 2.77. The van der Waals surface area contributed by atoms with Gasteiger partial charge in [-0.3, -0.25) is 19.7 Å². The number of piperazine rings is 1. The third-order valence-electron chi connectivity index (χ3n) is 4.78. The third kappa shape index (κ3) is 4.81. The summed E-state index contributed by atoms with van der Waals surface area (Å²) in [5, 5.41) is 13.4. The minimum atomic E-state index is -0.566. The van der Waals surface area contributed by atoms with Crippen LogP contribution in [0.25, 0.3) is 0 Å². The Bertz CT molecular complexity index is 909. The summed E-state index contributed by atoms with van der Waals surface area (Å²) in [6.45, 7) is 2.22. The van der Waals surface area contributed by atoms with E-state index in [1.54, 1.807) is 12.0 Å². The molecule has 2 aromatic rings. The number of rotatable bonds is 6. The van der Waals surface area contributed by atoms with Crippen molar-refractivity contribution in [2.75, 3.05) is 44.7 Å². The van der Waals surface area contributed by atoms with E-state index < -0.39 is 10.8 Å². The van der Waals surface area contributed by atoms with Crippen LogP contribution in [0.3, 0.4) is 0 Å². The molecule has 0 saturated carbocycles. The fourth-order valence-electron chi connectivity index (χ4n) is 3.22. The summed E-state index contributed by atoms with van der Waals surface area (Å²) in [4.78, 5) is 38.7. The van der Waals surface area contributed by atoms with Gasteiger partial charge in [-0.05, 0) is 18.2 Å². The van der Waals surface area contributed by atoms with Crippen LogP contribution >= 0.6 is 0 Å². The quantitative estimate of drug-likeness (QED) is 0.586. The van der Waals surface area contributed by atoms with Gasteiger partial charge in [-0.1, -0.05) is 18.2 Å². The molecule has 2 aromatic carbocycles. The molecular formula is C20H22N4O5. The predicted molar refractivity (Wildman–Crippen MR) is 107 cm³/mol. The molecule has 0 unspecified atom stereocenters. The fraction of sp³-hybridized carbons (Fsp3) is 0.300. The van der Waals surface area contributed by atoms with Crippen molar-refractivity contribution in [2.45, 2.75) is 0 Å². The van der Waals surface area contributed by atoms with Gasteiger partial charge in [0.05, 0.1) is 24.3 Å². The SMILES string of the molecule is COc1ccccc1N1CCN(C(=O)CNC(=O)c2cccc([N+](=O)[O-])c2)CC1. The number of methoxy groups -OCH3 is 1. The van der Waals surface area contributed by atoms with Gasteiger partial charge in [0, 0.05) is 43.9 Å². The lowest BCUT2D eigenvalue weighted by molar-refractivity contribution is -0.384. The minimum Gasteiger partial charge on any atom is -0.495 e. The Labute approximate surface area is 168 Å². The molecule has 9 heteroatoms. The standard InChI is InChI=1S/C20H22N4O5/c1-29-18-8-3-2-7-17(18)22-9-11-23(12-10-22)19(25)14-21-20(26)15-5-4-6-16(13-15)24(27)28/h2-8,13H,9-12,14H2,1H3,(H,21,26). The van der Waals surface area contributed by atoms with Crippen LogP contribution < -0.4 is 15.0 Å². The number of hydrogen-bond acceptors (Lipinski definition) is 6. The topological polar surface area (TPSA) is 105 Å². The molecule has 1 heterocycles. The van der Waals surface area contributed by atoms with Gasteiger partial charge in [0.1, 0.15) is 5.75 Å². The Balaban J connectivity index is 1.52. The molecule has 3 rings (SSSR count). The lowest BCUT2D eigenvalue weighted by atomic mass is 10.2. The number of nitro groups is 1. The summed E-state index contributed by atoms with van der Waals surface area (Å²) < 4.78 is 5.39. The first-order valence-corrected chi connectivity index (χ1v) is 9.18. The lowest BCUT2D eigenvalue weighted by Gasteiger charge is -2.36. The van der Waals surface area contributed by atoms with E-state index in [2.05, 4.69) is 10.2 Å². The van der Waals surface area contributed by atoms with Crippen LogP contribution in [0.5, 0.6) is 5.75 Å². The maximum absolute atomic E-state index is 12.4. The lowest BCUT2D eigenvalue weighted by Crippen LogP contribution is -2.51. The molecule has 29 heavy (non-hydrogen) atoms. The van der Waals surface area contributed by atoms with Gasteiger partial charge in [0.2, 0.25) is 5.91 Å². The molecule has 0 aliphatic carbocycles. The van der Waals surface area contributed by atoms with Crippen LogP contribution in [0.4, 0.5) is 11.4 Å². The second kappa shape index (κ2) is 9.05. The molecule has 0 atom stereocenters. The summed E-state index contributed by atoms with van der Waals surface area (Å²) in [5.74, 6) is 0.0784. The Morgan fingerprint density at radius 3 is 2.52 bits per heavy atom. The van der Waals surface area contributed by atoms with Crippen LogP contribution in [-0.4, -0.2) is 61.5 Å². The molecule has 1 N–H and O–H groups in total. The van der Waals surface area contributed by atoms with Gasteiger partial charge in [-0.15, -0.1) is 0 Å². The van der Waals surface area contributed by atoms with Gasteiger partial charge in [-0.25, -0.2) is 0 Å². The number of nitrogens with zero attached hydrogens (tertiary/aromatic N) is 3. The molecule has 2 amide bonds. The molecule has 0 aromatic heterocycles. The summed E-state index contributed by atoms with van der Waals surface area (Å²) >= 11 is 0. The van der Waals surface area contributed by atoms with E-state index in [0.717, 1.165) is 11.4 Å². The summed E-state index contributed by atoms with van der Waals surface area (Å²) in [5.41, 5.74) is 0.963. The maximum Gasteiger partial charge on any atom is 0.270 e. The molecule has 152 valence electrons. The van der Waals surface area contributed by atoms with Crippen LogP contribution in [0.1, 0.15) is 10.4 Å². The Hall–Kier alpha value is -3.62. The maximum atomic E-state index is 12.4. The second-order valence-electron chi connectivity index (χ2n) is 6.53. The fourth-order valence-corrected chi connectivity index (χ4v) is 3.22. The molecule has 1 fully saturated rings. The van der Waals surface area contributed by atoms with Gasteiger partial charge in [0.15, 0.2) is 0 Å². The van der Waals surface area contributed by atoms with Gasteiger partial charge in [0.25, 0.3) is 11.6 Å². The van der Waals surface area contributed by atoms with Crippen LogP contribution in [0.15, 0.2) is 48.5 Å². The van der Waals surface area contributed by atoms with Gasteiger partial charge in [-0.2, -0.15) is 0 Å². The molecule has 1 aliphatic rings. The van der Waals surface area contributed by atoms with E-state index in [1.807, 2.05) is 24.3 Å². The Morgan fingerprint density at radius 1 is 1.10 bits per heavy atom. The molecule has 9 nitrogen and oxygen atoms in total. The first-order chi connectivity index (χ1) is 14.0. The smallest absolute Gasteiger partial charge is 0.270 e. The van der Waals surface area contributed by atoms with Crippen molar-refractivity contribution in [3.8, 4) is 5.75 Å². The summed E-state index contributed by atoms with van der Waals surface area (Å²) in [7, 11) is 1.63. The number of ether oxygens (including phenoxy) is 1. The predicted octanol–water partition coefficient (Wildman–Crippen LogP) is 1.68. The molecule has 0 radical (unpaired) electrons. The molecule has 0 spiro atoms. The van der Waals surface area contributed by atoms with Crippen molar-refractivity contribution in [3.63, 3.8) is 0 Å². The number of para-hydroxylation sites is 2. The van der Waals surface area contributed by atoms with E-state index in [-0.39, 0.29) is 23.7 Å².